The molecule has 2 aliphatic heterocycles. The number of rotatable bonds is 3. The van der Waals surface area contributed by atoms with Gasteiger partial charge in [0.2, 0.25) is 0 Å². The largest absolute Gasteiger partial charge is 0.432 e. The summed E-state index contributed by atoms with van der Waals surface area (Å²) >= 11 is 0. The lowest BCUT2D eigenvalue weighted by atomic mass is 9.95. The molecule has 0 radical (unpaired) electrons. The Hall–Kier alpha value is -2.65. The fraction of sp³-hybridized carbons (Fsp3) is 0.353. The van der Waals surface area contributed by atoms with Gasteiger partial charge in [0.15, 0.2) is 5.76 Å². The van der Waals surface area contributed by atoms with E-state index in [0.29, 0.717) is 29.0 Å². The van der Waals surface area contributed by atoms with Crippen LogP contribution in [-0.4, -0.2) is 29.0 Å². The van der Waals surface area contributed by atoms with E-state index in [4.69, 9.17) is 9.68 Å². The van der Waals surface area contributed by atoms with Crippen molar-refractivity contribution in [3.05, 3.63) is 41.9 Å². The Bertz CT molecular complexity index is 792. The SMILES string of the molecule is N#Cc1ccccc1-c1cnc(C(=O)NC2CC3CCC2N3)o1. The van der Waals surface area contributed by atoms with E-state index in [9.17, 15) is 4.79 Å². The third-order valence-corrected chi connectivity index (χ3v) is 4.63. The van der Waals surface area contributed by atoms with Gasteiger partial charge in [-0.1, -0.05) is 12.1 Å². The first-order chi connectivity index (χ1) is 11.2. The van der Waals surface area contributed by atoms with E-state index >= 15 is 0 Å². The quantitative estimate of drug-likeness (QED) is 0.902. The highest BCUT2D eigenvalue weighted by Crippen LogP contribution is 2.29. The molecule has 2 N–H and O–H groups in total. The minimum Gasteiger partial charge on any atom is -0.432 e. The average Bonchev–Trinajstić information content (AvgIpc) is 3.31. The number of carbonyl (C=O) groups is 1. The predicted octanol–water partition coefficient (Wildman–Crippen LogP) is 1.84. The maximum atomic E-state index is 12.3. The molecule has 2 fully saturated rings. The van der Waals surface area contributed by atoms with Crippen LogP contribution in [0.25, 0.3) is 11.3 Å². The van der Waals surface area contributed by atoms with Gasteiger partial charge in [0.25, 0.3) is 5.89 Å². The molecular formula is C17H16N4O2. The zero-order valence-corrected chi connectivity index (χ0v) is 12.5. The van der Waals surface area contributed by atoms with Crippen LogP contribution in [0.4, 0.5) is 0 Å². The van der Waals surface area contributed by atoms with Crippen LogP contribution in [0.15, 0.2) is 34.9 Å². The summed E-state index contributed by atoms with van der Waals surface area (Å²) in [5.74, 6) is 0.166. The maximum Gasteiger partial charge on any atom is 0.307 e. The van der Waals surface area contributed by atoms with Crippen molar-refractivity contribution in [2.75, 3.05) is 0 Å². The molecule has 2 aromatic rings. The molecule has 0 aliphatic carbocycles. The molecule has 3 atom stereocenters. The summed E-state index contributed by atoms with van der Waals surface area (Å²) in [6.45, 7) is 0. The Labute approximate surface area is 133 Å². The van der Waals surface area contributed by atoms with E-state index in [0.717, 1.165) is 12.8 Å². The molecular weight excluding hydrogens is 292 g/mol. The van der Waals surface area contributed by atoms with Crippen molar-refractivity contribution < 1.29 is 9.21 Å². The second-order valence-corrected chi connectivity index (χ2v) is 6.05. The van der Waals surface area contributed by atoms with Crippen LogP contribution in [0.1, 0.15) is 35.5 Å². The van der Waals surface area contributed by atoms with Gasteiger partial charge in [-0.3, -0.25) is 4.79 Å². The molecule has 0 spiro atoms. The van der Waals surface area contributed by atoms with Crippen molar-refractivity contribution in [3.8, 4) is 17.4 Å². The van der Waals surface area contributed by atoms with Gasteiger partial charge in [0, 0.05) is 23.7 Å². The molecule has 6 heteroatoms. The van der Waals surface area contributed by atoms with E-state index in [1.165, 1.54) is 12.6 Å². The van der Waals surface area contributed by atoms with E-state index in [1.807, 2.05) is 6.07 Å². The minimum absolute atomic E-state index is 0.0375. The summed E-state index contributed by atoms with van der Waals surface area (Å²) in [5, 5.41) is 15.6. The van der Waals surface area contributed by atoms with Crippen molar-refractivity contribution in [3.63, 3.8) is 0 Å². The van der Waals surface area contributed by atoms with Crippen LogP contribution < -0.4 is 10.6 Å². The van der Waals surface area contributed by atoms with Crippen molar-refractivity contribution in [2.24, 2.45) is 0 Å². The van der Waals surface area contributed by atoms with E-state index < -0.39 is 0 Å². The number of nitriles is 1. The number of fused-ring (bicyclic) bond motifs is 2. The molecule has 1 aromatic heterocycles. The molecule has 1 aromatic carbocycles. The number of benzene rings is 1. The summed E-state index contributed by atoms with van der Waals surface area (Å²) in [6, 6.07) is 10.2. The number of oxazole rings is 1. The first-order valence-electron chi connectivity index (χ1n) is 7.77. The minimum atomic E-state index is -0.301. The number of nitrogens with zero attached hydrogens (tertiary/aromatic N) is 2. The molecule has 2 aliphatic rings. The van der Waals surface area contributed by atoms with Crippen molar-refractivity contribution in [2.45, 2.75) is 37.4 Å². The Morgan fingerprint density at radius 1 is 1.39 bits per heavy atom. The molecule has 6 nitrogen and oxygen atoms in total. The second kappa shape index (κ2) is 5.52. The zero-order chi connectivity index (χ0) is 15.8. The number of nitrogens with one attached hydrogen (secondary N) is 2. The molecule has 3 heterocycles. The van der Waals surface area contributed by atoms with Crippen LogP contribution >= 0.6 is 0 Å². The number of hydrogen-bond donors (Lipinski definition) is 2. The zero-order valence-electron chi connectivity index (χ0n) is 12.5. The second-order valence-electron chi connectivity index (χ2n) is 6.05. The molecule has 3 unspecified atom stereocenters. The van der Waals surface area contributed by atoms with Gasteiger partial charge in [-0.05, 0) is 31.4 Å². The van der Waals surface area contributed by atoms with Crippen molar-refractivity contribution >= 4 is 5.91 Å². The molecule has 23 heavy (non-hydrogen) atoms. The summed E-state index contributed by atoms with van der Waals surface area (Å²) in [5.41, 5.74) is 1.14. The summed E-state index contributed by atoms with van der Waals surface area (Å²) < 4.78 is 5.57. The van der Waals surface area contributed by atoms with Crippen LogP contribution in [0.2, 0.25) is 0 Å². The summed E-state index contributed by atoms with van der Waals surface area (Å²) in [4.78, 5) is 16.4. The average molecular weight is 308 g/mol. The van der Waals surface area contributed by atoms with Crippen molar-refractivity contribution in [1.29, 1.82) is 5.26 Å². The van der Waals surface area contributed by atoms with Gasteiger partial charge in [-0.25, -0.2) is 4.98 Å². The Morgan fingerprint density at radius 2 is 2.26 bits per heavy atom. The van der Waals surface area contributed by atoms with Crippen LogP contribution in [0.3, 0.4) is 0 Å². The smallest absolute Gasteiger partial charge is 0.307 e. The maximum absolute atomic E-state index is 12.3. The first-order valence-corrected chi connectivity index (χ1v) is 7.77. The Morgan fingerprint density at radius 3 is 3.00 bits per heavy atom. The molecule has 4 rings (SSSR count). The van der Waals surface area contributed by atoms with E-state index in [-0.39, 0.29) is 17.8 Å². The Kier molecular flexibility index (Phi) is 3.36. The highest BCUT2D eigenvalue weighted by atomic mass is 16.4. The number of hydrogen-bond acceptors (Lipinski definition) is 5. The number of aromatic nitrogens is 1. The van der Waals surface area contributed by atoms with Gasteiger partial charge in [-0.2, -0.15) is 5.26 Å². The highest BCUT2D eigenvalue weighted by molar-refractivity contribution is 5.90. The lowest BCUT2D eigenvalue weighted by molar-refractivity contribution is 0.0896. The monoisotopic (exact) mass is 308 g/mol. The summed E-state index contributed by atoms with van der Waals surface area (Å²) in [7, 11) is 0. The first kappa shape index (κ1) is 14.0. The third-order valence-electron chi connectivity index (χ3n) is 4.63. The Balaban J connectivity index is 1.51. The standard InChI is InChI=1S/C17H16N4O2/c18-8-10-3-1-2-4-12(10)15-9-19-17(23-15)16(22)21-14-7-11-5-6-13(14)20-11/h1-4,9,11,13-14,20H,5-7H2,(H,21,22). The van der Waals surface area contributed by atoms with Gasteiger partial charge in [0.1, 0.15) is 0 Å². The lowest BCUT2D eigenvalue weighted by Gasteiger charge is -2.20. The van der Waals surface area contributed by atoms with Gasteiger partial charge < -0.3 is 15.1 Å². The number of carbonyl (C=O) groups excluding carboxylic acids is 1. The fourth-order valence-electron chi connectivity index (χ4n) is 3.51. The van der Waals surface area contributed by atoms with Crippen LogP contribution in [-0.2, 0) is 0 Å². The van der Waals surface area contributed by atoms with Gasteiger partial charge in [-0.15, -0.1) is 0 Å². The lowest BCUT2D eigenvalue weighted by Crippen LogP contribution is -2.43. The molecule has 1 amide bonds. The molecule has 2 bridgehead atoms. The molecule has 2 saturated heterocycles. The fourth-order valence-corrected chi connectivity index (χ4v) is 3.51. The normalized spacial score (nSPS) is 25.3. The molecule has 0 saturated carbocycles. The van der Waals surface area contributed by atoms with Gasteiger partial charge >= 0.3 is 5.91 Å². The van der Waals surface area contributed by atoms with E-state index in [1.54, 1.807) is 18.2 Å². The molecule has 116 valence electrons. The third kappa shape index (κ3) is 2.49. The van der Waals surface area contributed by atoms with Crippen molar-refractivity contribution in [1.82, 2.24) is 15.6 Å². The van der Waals surface area contributed by atoms with E-state index in [2.05, 4.69) is 21.7 Å². The van der Waals surface area contributed by atoms with Crippen LogP contribution in [0, 0.1) is 11.3 Å². The van der Waals surface area contributed by atoms with Crippen LogP contribution in [0.5, 0.6) is 0 Å². The number of amides is 1. The predicted molar refractivity (Wildman–Crippen MR) is 82.5 cm³/mol. The summed E-state index contributed by atoms with van der Waals surface area (Å²) in [6.07, 6.45) is 4.73. The highest BCUT2D eigenvalue weighted by Gasteiger charge is 2.40. The van der Waals surface area contributed by atoms with Gasteiger partial charge in [0.05, 0.1) is 17.8 Å². The topological polar surface area (TPSA) is 91.0 Å².